The molecule has 0 fully saturated rings. The van der Waals surface area contributed by atoms with Crippen LogP contribution in [-0.4, -0.2) is 41.7 Å². The lowest BCUT2D eigenvalue weighted by Crippen LogP contribution is -2.43. The largest absolute Gasteiger partial charge is 0.347 e. The van der Waals surface area contributed by atoms with E-state index in [0.717, 1.165) is 11.6 Å². The third kappa shape index (κ3) is 2.44. The van der Waals surface area contributed by atoms with E-state index < -0.39 is 5.69 Å². The molecular weight excluding hydrogens is 272 g/mol. The van der Waals surface area contributed by atoms with Crippen LogP contribution in [0.15, 0.2) is 23.3 Å². The second kappa shape index (κ2) is 5.12. The van der Waals surface area contributed by atoms with Gasteiger partial charge in [0.05, 0.1) is 12.6 Å². The van der Waals surface area contributed by atoms with Crippen LogP contribution in [0.1, 0.15) is 24.6 Å². The molecule has 0 unspecified atom stereocenters. The van der Waals surface area contributed by atoms with Crippen molar-refractivity contribution in [3.05, 3.63) is 40.6 Å². The van der Waals surface area contributed by atoms with Crippen LogP contribution in [0.25, 0.3) is 0 Å². The van der Waals surface area contributed by atoms with Crippen molar-refractivity contribution < 1.29 is 4.79 Å². The molecule has 0 spiro atoms. The van der Waals surface area contributed by atoms with Gasteiger partial charge >= 0.3 is 5.69 Å². The minimum Gasteiger partial charge on any atom is -0.332 e. The third-order valence-corrected chi connectivity index (χ3v) is 3.64. The Morgan fingerprint density at radius 3 is 3.00 bits per heavy atom. The molecule has 2 aromatic heterocycles. The maximum Gasteiger partial charge on any atom is 0.347 e. The number of amides is 1. The van der Waals surface area contributed by atoms with E-state index in [-0.39, 0.29) is 18.5 Å². The van der Waals surface area contributed by atoms with Crippen molar-refractivity contribution in [2.75, 3.05) is 6.54 Å². The van der Waals surface area contributed by atoms with Crippen LogP contribution in [0.2, 0.25) is 0 Å². The van der Waals surface area contributed by atoms with Crippen molar-refractivity contribution in [3.63, 3.8) is 0 Å². The molecule has 1 amide bonds. The van der Waals surface area contributed by atoms with E-state index in [1.807, 2.05) is 18.4 Å². The summed E-state index contributed by atoms with van der Waals surface area (Å²) in [7, 11) is 0. The Morgan fingerprint density at radius 2 is 2.24 bits per heavy atom. The first-order chi connectivity index (χ1) is 10.1. The summed E-state index contributed by atoms with van der Waals surface area (Å²) in [5, 5.41) is 8.15. The van der Waals surface area contributed by atoms with Gasteiger partial charge in [-0.1, -0.05) is 0 Å². The third-order valence-electron chi connectivity index (χ3n) is 3.64. The minimum absolute atomic E-state index is 0.00743. The Hall–Kier alpha value is -2.51. The van der Waals surface area contributed by atoms with Crippen LogP contribution < -0.4 is 5.69 Å². The molecule has 0 aromatic carbocycles. The van der Waals surface area contributed by atoms with Gasteiger partial charge in [0.25, 0.3) is 0 Å². The lowest BCUT2D eigenvalue weighted by molar-refractivity contribution is -0.134. The summed E-state index contributed by atoms with van der Waals surface area (Å²) in [6, 6.07) is 1.76. The van der Waals surface area contributed by atoms with Crippen LogP contribution in [0.5, 0.6) is 0 Å². The maximum absolute atomic E-state index is 12.4. The number of fused-ring (bicyclic) bond motifs is 1. The molecule has 0 aliphatic carbocycles. The number of aromatic nitrogens is 5. The number of aryl methyl sites for hydroxylation is 1. The lowest BCUT2D eigenvalue weighted by atomic mass is 10.2. The average Bonchev–Trinajstić information content (AvgIpc) is 2.83. The number of carbonyl (C=O) groups is 1. The number of carbonyl (C=O) groups excluding carboxylic acids is 1. The highest BCUT2D eigenvalue weighted by Gasteiger charge is 2.28. The van der Waals surface area contributed by atoms with E-state index in [0.29, 0.717) is 13.1 Å². The molecule has 8 nitrogen and oxygen atoms in total. The molecule has 2 aromatic rings. The molecule has 0 radical (unpaired) electrons. The smallest absolute Gasteiger partial charge is 0.332 e. The molecule has 0 saturated carbocycles. The van der Waals surface area contributed by atoms with Crippen LogP contribution in [-0.2, 0) is 17.9 Å². The number of nitrogens with zero attached hydrogens (tertiary/aromatic N) is 6. The Morgan fingerprint density at radius 1 is 1.43 bits per heavy atom. The van der Waals surface area contributed by atoms with E-state index in [2.05, 4.69) is 15.2 Å². The zero-order chi connectivity index (χ0) is 15.0. The average molecular weight is 288 g/mol. The standard InChI is InChI=1S/C13H16N6O2/c1-9-6-18(7-11-16-15-10(2)19(9)11)12(20)8-17-5-3-4-14-13(17)21/h3-5,9H,6-8H2,1-2H3/t9-/m0/s1. The predicted molar refractivity (Wildman–Crippen MR) is 73.4 cm³/mol. The summed E-state index contributed by atoms with van der Waals surface area (Å²) in [5.74, 6) is 1.51. The zero-order valence-electron chi connectivity index (χ0n) is 11.9. The molecular formula is C13H16N6O2. The molecule has 3 rings (SSSR count). The maximum atomic E-state index is 12.4. The number of hydrogen-bond donors (Lipinski definition) is 0. The molecule has 1 aliphatic heterocycles. The first-order valence-corrected chi connectivity index (χ1v) is 6.76. The number of rotatable bonds is 2. The van der Waals surface area contributed by atoms with Crippen molar-refractivity contribution in [2.24, 2.45) is 0 Å². The van der Waals surface area contributed by atoms with Crippen LogP contribution in [0.4, 0.5) is 0 Å². The highest BCUT2D eigenvalue weighted by molar-refractivity contribution is 5.76. The van der Waals surface area contributed by atoms with Crippen molar-refractivity contribution in [3.8, 4) is 0 Å². The zero-order valence-corrected chi connectivity index (χ0v) is 11.9. The van der Waals surface area contributed by atoms with Gasteiger partial charge in [-0.3, -0.25) is 9.36 Å². The second-order valence-corrected chi connectivity index (χ2v) is 5.19. The molecule has 3 heterocycles. The predicted octanol–water partition coefficient (Wildman–Crippen LogP) is -0.253. The lowest BCUT2D eigenvalue weighted by Gasteiger charge is -2.32. The Labute approximate surface area is 121 Å². The highest BCUT2D eigenvalue weighted by Crippen LogP contribution is 2.21. The van der Waals surface area contributed by atoms with Crippen LogP contribution >= 0.6 is 0 Å². The summed E-state index contributed by atoms with van der Waals surface area (Å²) in [5.41, 5.74) is -0.421. The summed E-state index contributed by atoms with van der Waals surface area (Å²) in [4.78, 5) is 29.3. The molecule has 110 valence electrons. The van der Waals surface area contributed by atoms with Gasteiger partial charge < -0.3 is 9.47 Å². The molecule has 0 bridgehead atoms. The van der Waals surface area contributed by atoms with Crippen LogP contribution in [0, 0.1) is 6.92 Å². The van der Waals surface area contributed by atoms with E-state index in [1.165, 1.54) is 10.8 Å². The fourth-order valence-electron chi connectivity index (χ4n) is 2.67. The van der Waals surface area contributed by atoms with Gasteiger partial charge in [0, 0.05) is 18.9 Å². The fourth-order valence-corrected chi connectivity index (χ4v) is 2.67. The normalized spacial score (nSPS) is 17.6. The molecule has 0 N–H and O–H groups in total. The molecule has 1 aliphatic rings. The molecule has 21 heavy (non-hydrogen) atoms. The molecule has 0 saturated heterocycles. The molecule has 1 atom stereocenters. The van der Waals surface area contributed by atoms with Gasteiger partial charge in [-0.2, -0.15) is 0 Å². The van der Waals surface area contributed by atoms with Gasteiger partial charge in [0.1, 0.15) is 12.4 Å². The second-order valence-electron chi connectivity index (χ2n) is 5.19. The molecule has 8 heteroatoms. The van der Waals surface area contributed by atoms with Gasteiger partial charge in [-0.25, -0.2) is 9.78 Å². The first-order valence-electron chi connectivity index (χ1n) is 6.76. The van der Waals surface area contributed by atoms with Gasteiger partial charge in [-0.15, -0.1) is 10.2 Å². The highest BCUT2D eigenvalue weighted by atomic mass is 16.2. The number of hydrogen-bond acceptors (Lipinski definition) is 5. The topological polar surface area (TPSA) is 85.9 Å². The summed E-state index contributed by atoms with van der Waals surface area (Å²) >= 11 is 0. The fraction of sp³-hybridized carbons (Fsp3) is 0.462. The SMILES string of the molecule is Cc1nnc2n1[C@@H](C)CN(C(=O)Cn1cccnc1=O)C2. The minimum atomic E-state index is -0.421. The summed E-state index contributed by atoms with van der Waals surface area (Å²) in [6.07, 6.45) is 2.98. The monoisotopic (exact) mass is 288 g/mol. The van der Waals surface area contributed by atoms with Crippen molar-refractivity contribution in [1.29, 1.82) is 0 Å². The van der Waals surface area contributed by atoms with E-state index >= 15 is 0 Å². The van der Waals surface area contributed by atoms with Crippen molar-refractivity contribution in [1.82, 2.24) is 29.2 Å². The Bertz CT molecular complexity index is 734. The van der Waals surface area contributed by atoms with Crippen molar-refractivity contribution >= 4 is 5.91 Å². The van der Waals surface area contributed by atoms with Gasteiger partial charge in [0.2, 0.25) is 5.91 Å². The summed E-state index contributed by atoms with van der Waals surface area (Å²) in [6.45, 7) is 4.92. The van der Waals surface area contributed by atoms with E-state index in [1.54, 1.807) is 17.2 Å². The first kappa shape index (κ1) is 13.5. The Kier molecular flexibility index (Phi) is 3.28. The summed E-state index contributed by atoms with van der Waals surface area (Å²) < 4.78 is 3.34. The Balaban J connectivity index is 1.78. The van der Waals surface area contributed by atoms with Gasteiger partial charge in [0.15, 0.2) is 5.82 Å². The quantitative estimate of drug-likeness (QED) is 0.760. The van der Waals surface area contributed by atoms with E-state index in [4.69, 9.17) is 0 Å². The van der Waals surface area contributed by atoms with Gasteiger partial charge in [-0.05, 0) is 19.9 Å². The van der Waals surface area contributed by atoms with E-state index in [9.17, 15) is 9.59 Å². The van der Waals surface area contributed by atoms with Crippen LogP contribution in [0.3, 0.4) is 0 Å². The van der Waals surface area contributed by atoms with Crippen molar-refractivity contribution in [2.45, 2.75) is 33.0 Å².